The Morgan fingerprint density at radius 2 is 2.09 bits per heavy atom. The van der Waals surface area contributed by atoms with Gasteiger partial charge in [-0.3, -0.25) is 9.78 Å². The second kappa shape index (κ2) is 8.12. The highest BCUT2D eigenvalue weighted by Gasteiger charge is 2.25. The molecule has 0 saturated carbocycles. The highest BCUT2D eigenvalue weighted by molar-refractivity contribution is 6.31. The molecule has 1 N–H and O–H groups in total. The summed E-state index contributed by atoms with van der Waals surface area (Å²) in [5.74, 6) is 0.00299. The van der Waals surface area contributed by atoms with Crippen molar-refractivity contribution in [1.82, 2.24) is 25.3 Å². The molecule has 5 rings (SSSR count). The molecule has 4 aromatic rings. The van der Waals surface area contributed by atoms with Gasteiger partial charge in [0, 0.05) is 29.7 Å². The number of aromatic nitrogens is 4. The quantitative estimate of drug-likeness (QED) is 0.500. The first kappa shape index (κ1) is 20.3. The van der Waals surface area contributed by atoms with Gasteiger partial charge in [0.25, 0.3) is 5.91 Å². The summed E-state index contributed by atoms with van der Waals surface area (Å²) in [4.78, 5) is 31.7. The summed E-state index contributed by atoms with van der Waals surface area (Å²) < 4.78 is 13.9. The van der Waals surface area contributed by atoms with E-state index in [0.717, 1.165) is 27.7 Å². The van der Waals surface area contributed by atoms with Crippen molar-refractivity contribution in [2.75, 3.05) is 18.0 Å². The molecule has 2 aromatic carbocycles. The molecular weight excluding hydrogens is 431 g/mol. The average molecular weight is 449 g/mol. The standard InChI is InChI=1S/C23H18ClFN6O/c1-2-27-23(32)20-11-26-10-19(30-20)13-3-4-18-15(7-13)22(29-12-28-18)31-6-5-14-8-17(25)16(24)9-21(14)31/h3-4,7-12H,2,5-6H2,1H3,(H,27,32). The Morgan fingerprint density at radius 1 is 1.22 bits per heavy atom. The molecule has 0 bridgehead atoms. The van der Waals surface area contributed by atoms with Crippen molar-refractivity contribution in [3.63, 3.8) is 0 Å². The van der Waals surface area contributed by atoms with E-state index in [0.29, 0.717) is 31.0 Å². The largest absolute Gasteiger partial charge is 0.351 e. The zero-order chi connectivity index (χ0) is 22.2. The van der Waals surface area contributed by atoms with E-state index in [2.05, 4.69) is 25.3 Å². The number of halogens is 2. The SMILES string of the molecule is CCNC(=O)c1cncc(-c2ccc3ncnc(N4CCc5cc(F)c(Cl)cc54)c3c2)n1. The third-order valence-electron chi connectivity index (χ3n) is 5.39. The lowest BCUT2D eigenvalue weighted by Crippen LogP contribution is -2.24. The van der Waals surface area contributed by atoms with Crippen LogP contribution in [-0.4, -0.2) is 38.9 Å². The molecule has 0 aliphatic carbocycles. The lowest BCUT2D eigenvalue weighted by molar-refractivity contribution is 0.0950. The molecular formula is C23H18ClFN6O. The molecule has 0 fully saturated rings. The fourth-order valence-corrected chi connectivity index (χ4v) is 4.04. The number of fused-ring (bicyclic) bond motifs is 2. The van der Waals surface area contributed by atoms with Gasteiger partial charge >= 0.3 is 0 Å². The normalized spacial score (nSPS) is 12.8. The molecule has 0 spiro atoms. The van der Waals surface area contributed by atoms with Crippen LogP contribution in [0.3, 0.4) is 0 Å². The Labute approximate surface area is 188 Å². The fourth-order valence-electron chi connectivity index (χ4n) is 3.88. The highest BCUT2D eigenvalue weighted by Crippen LogP contribution is 2.39. The Bertz CT molecular complexity index is 1360. The number of rotatable bonds is 4. The predicted octanol–water partition coefficient (Wildman–Crippen LogP) is 4.32. The van der Waals surface area contributed by atoms with E-state index in [1.165, 1.54) is 18.6 Å². The van der Waals surface area contributed by atoms with E-state index < -0.39 is 5.82 Å². The van der Waals surface area contributed by atoms with E-state index >= 15 is 0 Å². The summed E-state index contributed by atoms with van der Waals surface area (Å²) in [6.45, 7) is 3.00. The van der Waals surface area contributed by atoms with Crippen molar-refractivity contribution in [3.05, 3.63) is 71.2 Å². The van der Waals surface area contributed by atoms with Crippen LogP contribution in [0.5, 0.6) is 0 Å². The smallest absolute Gasteiger partial charge is 0.271 e. The van der Waals surface area contributed by atoms with Crippen molar-refractivity contribution < 1.29 is 9.18 Å². The molecule has 0 radical (unpaired) electrons. The van der Waals surface area contributed by atoms with Gasteiger partial charge in [-0.2, -0.15) is 0 Å². The molecule has 32 heavy (non-hydrogen) atoms. The van der Waals surface area contributed by atoms with E-state index in [9.17, 15) is 9.18 Å². The first-order valence-corrected chi connectivity index (χ1v) is 10.5. The van der Waals surface area contributed by atoms with E-state index in [4.69, 9.17) is 11.6 Å². The molecule has 1 aliphatic heterocycles. The molecule has 0 saturated heterocycles. The summed E-state index contributed by atoms with van der Waals surface area (Å²) in [5.41, 5.74) is 4.07. The van der Waals surface area contributed by atoms with Gasteiger partial charge in [0.05, 0.1) is 28.6 Å². The van der Waals surface area contributed by atoms with Gasteiger partial charge in [0.1, 0.15) is 23.7 Å². The first-order chi connectivity index (χ1) is 15.5. The van der Waals surface area contributed by atoms with Crippen LogP contribution >= 0.6 is 11.6 Å². The van der Waals surface area contributed by atoms with Gasteiger partial charge in [-0.05, 0) is 43.2 Å². The van der Waals surface area contributed by atoms with Crippen LogP contribution in [0.2, 0.25) is 5.02 Å². The third-order valence-corrected chi connectivity index (χ3v) is 5.68. The molecule has 0 unspecified atom stereocenters. The Balaban J connectivity index is 1.60. The second-order valence-corrected chi connectivity index (χ2v) is 7.78. The summed E-state index contributed by atoms with van der Waals surface area (Å²) in [6.07, 6.45) is 5.25. The van der Waals surface area contributed by atoms with Crippen LogP contribution in [0.25, 0.3) is 22.2 Å². The number of amides is 1. The molecule has 1 amide bonds. The number of nitrogens with zero attached hydrogens (tertiary/aromatic N) is 5. The lowest BCUT2D eigenvalue weighted by atomic mass is 10.1. The molecule has 160 valence electrons. The van der Waals surface area contributed by atoms with Crippen LogP contribution in [0.15, 0.2) is 49.1 Å². The van der Waals surface area contributed by atoms with Gasteiger partial charge < -0.3 is 10.2 Å². The lowest BCUT2D eigenvalue weighted by Gasteiger charge is -2.20. The van der Waals surface area contributed by atoms with Crippen molar-refractivity contribution >= 4 is 39.9 Å². The number of benzene rings is 2. The second-order valence-electron chi connectivity index (χ2n) is 7.37. The number of carbonyl (C=O) groups excluding carboxylic acids is 1. The number of nitrogens with one attached hydrogen (secondary N) is 1. The fraction of sp³-hybridized carbons (Fsp3) is 0.174. The molecule has 0 atom stereocenters. The number of hydrogen-bond acceptors (Lipinski definition) is 6. The predicted molar refractivity (Wildman–Crippen MR) is 121 cm³/mol. The van der Waals surface area contributed by atoms with Crippen molar-refractivity contribution in [3.8, 4) is 11.3 Å². The summed E-state index contributed by atoms with van der Waals surface area (Å²) >= 11 is 6.05. The van der Waals surface area contributed by atoms with Crippen LogP contribution in [0.1, 0.15) is 23.0 Å². The Kier molecular flexibility index (Phi) is 5.14. The number of hydrogen-bond donors (Lipinski definition) is 1. The van der Waals surface area contributed by atoms with Gasteiger partial charge in [-0.1, -0.05) is 17.7 Å². The van der Waals surface area contributed by atoms with Gasteiger partial charge in [0.15, 0.2) is 0 Å². The number of carbonyl (C=O) groups is 1. The van der Waals surface area contributed by atoms with Crippen molar-refractivity contribution in [2.24, 2.45) is 0 Å². The molecule has 3 heterocycles. The number of anilines is 2. The topological polar surface area (TPSA) is 83.9 Å². The van der Waals surface area contributed by atoms with Crippen LogP contribution < -0.4 is 10.2 Å². The van der Waals surface area contributed by atoms with Gasteiger partial charge in [-0.25, -0.2) is 19.3 Å². The zero-order valence-corrected chi connectivity index (χ0v) is 17.9. The summed E-state index contributed by atoms with van der Waals surface area (Å²) in [7, 11) is 0. The molecule has 9 heteroatoms. The first-order valence-electron chi connectivity index (χ1n) is 10.2. The molecule has 7 nitrogen and oxygen atoms in total. The maximum absolute atomic E-state index is 13.9. The van der Waals surface area contributed by atoms with Crippen LogP contribution in [0, 0.1) is 5.82 Å². The molecule has 1 aliphatic rings. The molecule has 2 aromatic heterocycles. The zero-order valence-electron chi connectivity index (χ0n) is 17.1. The van der Waals surface area contributed by atoms with Gasteiger partial charge in [-0.15, -0.1) is 0 Å². The Morgan fingerprint density at radius 3 is 2.94 bits per heavy atom. The van der Waals surface area contributed by atoms with Crippen LogP contribution in [-0.2, 0) is 6.42 Å². The van der Waals surface area contributed by atoms with Gasteiger partial charge in [0.2, 0.25) is 0 Å². The van der Waals surface area contributed by atoms with Crippen molar-refractivity contribution in [2.45, 2.75) is 13.3 Å². The maximum Gasteiger partial charge on any atom is 0.271 e. The summed E-state index contributed by atoms with van der Waals surface area (Å²) in [6, 6.07) is 8.81. The third kappa shape index (κ3) is 3.52. The summed E-state index contributed by atoms with van der Waals surface area (Å²) in [5, 5.41) is 3.61. The van der Waals surface area contributed by atoms with E-state index in [-0.39, 0.29) is 16.6 Å². The monoisotopic (exact) mass is 448 g/mol. The minimum absolute atomic E-state index is 0.0761. The van der Waals surface area contributed by atoms with E-state index in [1.54, 1.807) is 12.3 Å². The Hall–Kier alpha value is -3.65. The van der Waals surface area contributed by atoms with Crippen LogP contribution in [0.4, 0.5) is 15.9 Å². The maximum atomic E-state index is 13.9. The average Bonchev–Trinajstić information content (AvgIpc) is 3.21. The minimum Gasteiger partial charge on any atom is -0.351 e. The van der Waals surface area contributed by atoms with E-state index in [1.807, 2.05) is 30.0 Å². The highest BCUT2D eigenvalue weighted by atomic mass is 35.5. The van der Waals surface area contributed by atoms with Crippen molar-refractivity contribution in [1.29, 1.82) is 0 Å². The minimum atomic E-state index is -0.423.